The van der Waals surface area contributed by atoms with Gasteiger partial charge in [-0.25, -0.2) is 4.98 Å². The third kappa shape index (κ3) is 2.84. The molecule has 0 bridgehead atoms. The molecule has 2 aromatic rings. The van der Waals surface area contributed by atoms with Gasteiger partial charge in [0.15, 0.2) is 0 Å². The molecule has 4 rings (SSSR count). The number of rotatable bonds is 3. The summed E-state index contributed by atoms with van der Waals surface area (Å²) in [4.78, 5) is 16.9. The van der Waals surface area contributed by atoms with Gasteiger partial charge in [-0.2, -0.15) is 0 Å². The summed E-state index contributed by atoms with van der Waals surface area (Å²) >= 11 is 0. The molecule has 2 aliphatic heterocycles. The minimum Gasteiger partial charge on any atom is -0.497 e. The normalized spacial score (nSPS) is 22.0. The average molecular weight is 327 g/mol. The highest BCUT2D eigenvalue weighted by molar-refractivity contribution is 5.80. The molecule has 24 heavy (non-hydrogen) atoms. The second-order valence-corrected chi connectivity index (χ2v) is 6.43. The molecule has 0 spiro atoms. The molecule has 2 atom stereocenters. The first-order valence-corrected chi connectivity index (χ1v) is 8.33. The molecule has 3 heterocycles. The summed E-state index contributed by atoms with van der Waals surface area (Å²) in [6.45, 7) is 1.21. The lowest BCUT2D eigenvalue weighted by atomic mass is 9.95. The van der Waals surface area contributed by atoms with Crippen molar-refractivity contribution in [1.82, 2.24) is 14.9 Å². The second kappa shape index (κ2) is 6.19. The molecule has 2 unspecified atom stereocenters. The van der Waals surface area contributed by atoms with Crippen LogP contribution in [0.5, 0.6) is 11.5 Å². The van der Waals surface area contributed by atoms with Crippen LogP contribution in [0, 0.1) is 5.92 Å². The second-order valence-electron chi connectivity index (χ2n) is 6.43. The molecule has 126 valence electrons. The van der Waals surface area contributed by atoms with Gasteiger partial charge in [-0.05, 0) is 24.5 Å². The molecular formula is C18H21N3O3. The van der Waals surface area contributed by atoms with E-state index in [0.29, 0.717) is 13.0 Å². The van der Waals surface area contributed by atoms with E-state index in [0.717, 1.165) is 42.3 Å². The average Bonchev–Trinajstić information content (AvgIpc) is 3.08. The number of aryl methyl sites for hydroxylation is 1. The molecule has 1 N–H and O–H groups in total. The number of nitrogens with one attached hydrogen (secondary N) is 1. The Morgan fingerprint density at radius 3 is 3.25 bits per heavy atom. The lowest BCUT2D eigenvalue weighted by Gasteiger charge is -2.29. The molecular weight excluding hydrogens is 306 g/mol. The van der Waals surface area contributed by atoms with Crippen LogP contribution in [0.3, 0.4) is 0 Å². The molecule has 0 fully saturated rings. The maximum atomic E-state index is 12.6. The van der Waals surface area contributed by atoms with E-state index < -0.39 is 0 Å². The van der Waals surface area contributed by atoms with Gasteiger partial charge in [0.1, 0.15) is 23.9 Å². The van der Waals surface area contributed by atoms with Gasteiger partial charge in [0.05, 0.1) is 13.0 Å². The van der Waals surface area contributed by atoms with E-state index in [-0.39, 0.29) is 17.9 Å². The molecule has 6 nitrogen and oxygen atoms in total. The van der Waals surface area contributed by atoms with Gasteiger partial charge in [-0.1, -0.05) is 6.07 Å². The lowest BCUT2D eigenvalue weighted by Crippen LogP contribution is -2.46. The number of amides is 1. The number of aromatic nitrogens is 2. The Labute approximate surface area is 140 Å². The fraction of sp³-hybridized carbons (Fsp3) is 0.444. The molecule has 2 aliphatic rings. The third-order valence-electron chi connectivity index (χ3n) is 4.83. The van der Waals surface area contributed by atoms with Gasteiger partial charge in [-0.3, -0.25) is 4.79 Å². The van der Waals surface area contributed by atoms with E-state index >= 15 is 0 Å². The first-order valence-electron chi connectivity index (χ1n) is 8.33. The summed E-state index contributed by atoms with van der Waals surface area (Å²) in [5, 5.41) is 3.18. The zero-order valence-corrected chi connectivity index (χ0v) is 13.7. The summed E-state index contributed by atoms with van der Waals surface area (Å²) in [6, 6.07) is 5.93. The summed E-state index contributed by atoms with van der Waals surface area (Å²) < 4.78 is 13.1. The molecule has 0 saturated carbocycles. The molecule has 1 aromatic carbocycles. The monoisotopic (exact) mass is 327 g/mol. The van der Waals surface area contributed by atoms with Crippen LogP contribution in [0.1, 0.15) is 17.8 Å². The molecule has 0 radical (unpaired) electrons. The number of fused-ring (bicyclic) bond motifs is 2. The van der Waals surface area contributed by atoms with Crippen molar-refractivity contribution in [2.24, 2.45) is 5.92 Å². The number of hydrogen-bond donors (Lipinski definition) is 1. The molecule has 0 aliphatic carbocycles. The van der Waals surface area contributed by atoms with E-state index in [9.17, 15) is 4.79 Å². The van der Waals surface area contributed by atoms with Crippen LogP contribution in [0.2, 0.25) is 0 Å². The van der Waals surface area contributed by atoms with E-state index in [1.54, 1.807) is 7.11 Å². The SMILES string of the molecule is COc1ccc2c(c1)OCC(C(=O)NC1CCc3nccn3C1)C2. The maximum absolute atomic E-state index is 12.6. The van der Waals surface area contributed by atoms with Crippen molar-refractivity contribution in [1.29, 1.82) is 0 Å². The smallest absolute Gasteiger partial charge is 0.227 e. The quantitative estimate of drug-likeness (QED) is 0.929. The highest BCUT2D eigenvalue weighted by Crippen LogP contribution is 2.31. The Balaban J connectivity index is 1.39. The zero-order chi connectivity index (χ0) is 16.5. The third-order valence-corrected chi connectivity index (χ3v) is 4.83. The first-order chi connectivity index (χ1) is 11.7. The van der Waals surface area contributed by atoms with Crippen molar-refractivity contribution in [3.8, 4) is 11.5 Å². The highest BCUT2D eigenvalue weighted by atomic mass is 16.5. The van der Waals surface area contributed by atoms with E-state index in [2.05, 4.69) is 14.9 Å². The molecule has 6 heteroatoms. The van der Waals surface area contributed by atoms with Gasteiger partial charge >= 0.3 is 0 Å². The number of nitrogens with zero attached hydrogens (tertiary/aromatic N) is 2. The zero-order valence-electron chi connectivity index (χ0n) is 13.7. The minimum atomic E-state index is -0.143. The Hall–Kier alpha value is -2.50. The summed E-state index contributed by atoms with van der Waals surface area (Å²) in [5.41, 5.74) is 1.06. The van der Waals surface area contributed by atoms with E-state index in [1.165, 1.54) is 0 Å². The summed E-state index contributed by atoms with van der Waals surface area (Å²) in [7, 11) is 1.64. The van der Waals surface area contributed by atoms with Crippen LogP contribution < -0.4 is 14.8 Å². The minimum absolute atomic E-state index is 0.0741. The Morgan fingerprint density at radius 2 is 2.38 bits per heavy atom. The largest absolute Gasteiger partial charge is 0.497 e. The fourth-order valence-corrected chi connectivity index (χ4v) is 3.45. The van der Waals surface area contributed by atoms with Crippen molar-refractivity contribution in [3.05, 3.63) is 42.0 Å². The van der Waals surface area contributed by atoms with Gasteiger partial charge in [0.2, 0.25) is 5.91 Å². The van der Waals surface area contributed by atoms with Crippen LogP contribution in [0.15, 0.2) is 30.6 Å². The fourth-order valence-electron chi connectivity index (χ4n) is 3.45. The van der Waals surface area contributed by atoms with Crippen molar-refractivity contribution >= 4 is 5.91 Å². The topological polar surface area (TPSA) is 65.4 Å². The predicted molar refractivity (Wildman–Crippen MR) is 88.2 cm³/mol. The standard InChI is InChI=1S/C18H21N3O3/c1-23-15-4-2-12-8-13(11-24-16(12)9-15)18(22)20-14-3-5-17-19-6-7-21(17)10-14/h2,4,6-7,9,13-14H,3,5,8,10-11H2,1H3,(H,20,22). The number of imidazole rings is 1. The molecule has 1 amide bonds. The summed E-state index contributed by atoms with van der Waals surface area (Å²) in [6.07, 6.45) is 6.33. The Bertz CT molecular complexity index is 756. The number of carbonyl (C=O) groups is 1. The van der Waals surface area contributed by atoms with Crippen LogP contribution in [0.25, 0.3) is 0 Å². The van der Waals surface area contributed by atoms with Crippen LogP contribution in [0.4, 0.5) is 0 Å². The number of ether oxygens (including phenoxy) is 2. The van der Waals surface area contributed by atoms with Gasteiger partial charge in [0.25, 0.3) is 0 Å². The molecule has 1 aromatic heterocycles. The van der Waals surface area contributed by atoms with Gasteiger partial charge < -0.3 is 19.4 Å². The first kappa shape index (κ1) is 15.1. The predicted octanol–water partition coefficient (Wildman–Crippen LogP) is 1.57. The van der Waals surface area contributed by atoms with Crippen molar-refractivity contribution in [2.75, 3.05) is 13.7 Å². The van der Waals surface area contributed by atoms with Gasteiger partial charge in [-0.15, -0.1) is 0 Å². The number of carbonyl (C=O) groups excluding carboxylic acids is 1. The Kier molecular flexibility index (Phi) is 3.88. The highest BCUT2D eigenvalue weighted by Gasteiger charge is 2.29. The van der Waals surface area contributed by atoms with Crippen molar-refractivity contribution in [2.45, 2.75) is 31.8 Å². The van der Waals surface area contributed by atoms with E-state index in [1.807, 2.05) is 30.6 Å². The summed E-state index contributed by atoms with van der Waals surface area (Å²) in [5.74, 6) is 2.62. The van der Waals surface area contributed by atoms with Crippen molar-refractivity contribution < 1.29 is 14.3 Å². The lowest BCUT2D eigenvalue weighted by molar-refractivity contribution is -0.127. The van der Waals surface area contributed by atoms with Crippen LogP contribution in [-0.4, -0.2) is 35.2 Å². The maximum Gasteiger partial charge on any atom is 0.227 e. The number of hydrogen-bond acceptors (Lipinski definition) is 4. The Morgan fingerprint density at radius 1 is 1.46 bits per heavy atom. The van der Waals surface area contributed by atoms with E-state index in [4.69, 9.17) is 9.47 Å². The van der Waals surface area contributed by atoms with Crippen molar-refractivity contribution in [3.63, 3.8) is 0 Å². The number of methoxy groups -OCH3 is 1. The van der Waals surface area contributed by atoms with Crippen LogP contribution >= 0.6 is 0 Å². The van der Waals surface area contributed by atoms with Gasteiger partial charge in [0, 0.05) is 37.5 Å². The number of benzene rings is 1. The molecule has 0 saturated heterocycles. The van der Waals surface area contributed by atoms with Crippen LogP contribution in [-0.2, 0) is 24.2 Å².